The van der Waals surface area contributed by atoms with Crippen molar-refractivity contribution >= 4 is 0 Å². The highest BCUT2D eigenvalue weighted by molar-refractivity contribution is 5.43. The van der Waals surface area contributed by atoms with Crippen LogP contribution in [0.5, 0.6) is 11.5 Å². The predicted octanol–water partition coefficient (Wildman–Crippen LogP) is 1.56. The van der Waals surface area contributed by atoms with Gasteiger partial charge in [0, 0.05) is 13.1 Å². The summed E-state index contributed by atoms with van der Waals surface area (Å²) in [6.45, 7) is 5.41. The van der Waals surface area contributed by atoms with Crippen molar-refractivity contribution in [3.05, 3.63) is 23.8 Å². The second-order valence-corrected chi connectivity index (χ2v) is 4.05. The largest absolute Gasteiger partial charge is 0.493 e. The van der Waals surface area contributed by atoms with E-state index in [2.05, 4.69) is 5.32 Å². The molecule has 0 aliphatic rings. The minimum atomic E-state index is 0.127. The van der Waals surface area contributed by atoms with Crippen LogP contribution in [0.25, 0.3) is 0 Å². The summed E-state index contributed by atoms with van der Waals surface area (Å²) in [5, 5.41) is 11.8. The molecule has 96 valence electrons. The van der Waals surface area contributed by atoms with Crippen LogP contribution >= 0.6 is 0 Å². The van der Waals surface area contributed by atoms with Gasteiger partial charge in [-0.15, -0.1) is 0 Å². The predicted molar refractivity (Wildman–Crippen MR) is 67.6 cm³/mol. The van der Waals surface area contributed by atoms with E-state index in [0.717, 1.165) is 17.1 Å². The highest BCUT2D eigenvalue weighted by atomic mass is 16.5. The van der Waals surface area contributed by atoms with Crippen molar-refractivity contribution in [2.45, 2.75) is 26.5 Å². The Labute approximate surface area is 103 Å². The lowest BCUT2D eigenvalue weighted by Gasteiger charge is -2.14. The first-order valence-corrected chi connectivity index (χ1v) is 5.82. The summed E-state index contributed by atoms with van der Waals surface area (Å²) >= 11 is 0. The van der Waals surface area contributed by atoms with Crippen LogP contribution in [0.1, 0.15) is 19.4 Å². The van der Waals surface area contributed by atoms with Gasteiger partial charge in [-0.3, -0.25) is 0 Å². The number of aliphatic hydroxyl groups excluding tert-OH is 1. The molecule has 0 aliphatic carbocycles. The number of methoxy groups -OCH3 is 1. The Kier molecular flexibility index (Phi) is 5.80. The molecule has 0 radical (unpaired) electrons. The first kappa shape index (κ1) is 13.8. The molecule has 4 heteroatoms. The fourth-order valence-corrected chi connectivity index (χ4v) is 1.49. The maximum absolute atomic E-state index is 8.68. The highest BCUT2D eigenvalue weighted by Crippen LogP contribution is 2.28. The van der Waals surface area contributed by atoms with E-state index in [1.807, 2.05) is 32.0 Å². The van der Waals surface area contributed by atoms with Crippen molar-refractivity contribution < 1.29 is 14.6 Å². The number of rotatable bonds is 7. The molecule has 0 amide bonds. The average Bonchev–Trinajstić information content (AvgIpc) is 2.30. The van der Waals surface area contributed by atoms with Gasteiger partial charge in [-0.05, 0) is 31.5 Å². The van der Waals surface area contributed by atoms with Gasteiger partial charge in [0.05, 0.1) is 19.8 Å². The van der Waals surface area contributed by atoms with Crippen molar-refractivity contribution in [1.82, 2.24) is 5.32 Å². The monoisotopic (exact) mass is 239 g/mol. The molecule has 0 heterocycles. The normalized spacial score (nSPS) is 10.6. The van der Waals surface area contributed by atoms with Gasteiger partial charge in [-0.25, -0.2) is 0 Å². The molecule has 1 aromatic carbocycles. The molecule has 0 aromatic heterocycles. The fourth-order valence-electron chi connectivity index (χ4n) is 1.49. The van der Waals surface area contributed by atoms with Crippen molar-refractivity contribution in [3.63, 3.8) is 0 Å². The van der Waals surface area contributed by atoms with Gasteiger partial charge in [0.25, 0.3) is 0 Å². The van der Waals surface area contributed by atoms with Crippen LogP contribution in [0.15, 0.2) is 18.2 Å². The Morgan fingerprint density at radius 1 is 1.29 bits per heavy atom. The minimum absolute atomic E-state index is 0.127. The van der Waals surface area contributed by atoms with Crippen LogP contribution in [0.4, 0.5) is 0 Å². The smallest absolute Gasteiger partial charge is 0.161 e. The molecule has 0 atom stereocenters. The zero-order chi connectivity index (χ0) is 12.7. The van der Waals surface area contributed by atoms with Crippen LogP contribution in [-0.4, -0.2) is 31.5 Å². The number of benzene rings is 1. The summed E-state index contributed by atoms with van der Waals surface area (Å²) in [4.78, 5) is 0. The number of nitrogens with one attached hydrogen (secondary N) is 1. The third kappa shape index (κ3) is 4.63. The number of hydrogen-bond donors (Lipinski definition) is 2. The molecule has 0 saturated carbocycles. The minimum Gasteiger partial charge on any atom is -0.493 e. The zero-order valence-electron chi connectivity index (χ0n) is 10.7. The second kappa shape index (κ2) is 7.14. The summed E-state index contributed by atoms with van der Waals surface area (Å²) in [5.74, 6) is 1.50. The van der Waals surface area contributed by atoms with E-state index in [0.29, 0.717) is 13.1 Å². The lowest BCUT2D eigenvalue weighted by molar-refractivity contribution is 0.230. The highest BCUT2D eigenvalue weighted by Gasteiger charge is 2.07. The molecular weight excluding hydrogens is 218 g/mol. The molecule has 4 nitrogen and oxygen atoms in total. The maximum atomic E-state index is 8.68. The molecule has 17 heavy (non-hydrogen) atoms. The van der Waals surface area contributed by atoms with Crippen molar-refractivity contribution in [2.24, 2.45) is 0 Å². The van der Waals surface area contributed by atoms with Crippen LogP contribution in [0.3, 0.4) is 0 Å². The third-order valence-corrected chi connectivity index (χ3v) is 2.21. The zero-order valence-corrected chi connectivity index (χ0v) is 10.7. The topological polar surface area (TPSA) is 50.7 Å². The first-order chi connectivity index (χ1) is 8.17. The van der Waals surface area contributed by atoms with Gasteiger partial charge in [0.2, 0.25) is 0 Å². The quantitative estimate of drug-likeness (QED) is 0.709. The molecule has 2 N–H and O–H groups in total. The average molecular weight is 239 g/mol. The van der Waals surface area contributed by atoms with E-state index >= 15 is 0 Å². The molecule has 0 unspecified atom stereocenters. The van der Waals surface area contributed by atoms with Crippen LogP contribution in [0, 0.1) is 0 Å². The molecule has 0 bridgehead atoms. The standard InChI is InChI=1S/C13H21NO3/c1-10(2)17-12-5-4-11(8-13(12)16-3)9-14-6-7-15/h4-5,8,10,14-15H,6-7,9H2,1-3H3. The Morgan fingerprint density at radius 3 is 2.65 bits per heavy atom. The molecule has 1 rings (SSSR count). The van der Waals surface area contributed by atoms with E-state index in [1.54, 1.807) is 7.11 Å². The maximum Gasteiger partial charge on any atom is 0.161 e. The van der Waals surface area contributed by atoms with E-state index in [-0.39, 0.29) is 12.7 Å². The van der Waals surface area contributed by atoms with Gasteiger partial charge >= 0.3 is 0 Å². The number of hydrogen-bond acceptors (Lipinski definition) is 4. The van der Waals surface area contributed by atoms with Crippen LogP contribution < -0.4 is 14.8 Å². The lowest BCUT2D eigenvalue weighted by atomic mass is 10.2. The molecular formula is C13H21NO3. The fraction of sp³-hybridized carbons (Fsp3) is 0.538. The molecule has 0 saturated heterocycles. The molecule has 0 spiro atoms. The van der Waals surface area contributed by atoms with Crippen molar-refractivity contribution in [1.29, 1.82) is 0 Å². The molecule has 1 aromatic rings. The van der Waals surface area contributed by atoms with E-state index in [1.165, 1.54) is 0 Å². The van der Waals surface area contributed by atoms with Gasteiger partial charge in [0.15, 0.2) is 11.5 Å². The van der Waals surface area contributed by atoms with Gasteiger partial charge < -0.3 is 19.9 Å². The van der Waals surface area contributed by atoms with Crippen LogP contribution in [-0.2, 0) is 6.54 Å². The van der Waals surface area contributed by atoms with Crippen molar-refractivity contribution in [2.75, 3.05) is 20.3 Å². The summed E-state index contributed by atoms with van der Waals surface area (Å²) in [7, 11) is 1.63. The summed E-state index contributed by atoms with van der Waals surface area (Å²) in [6, 6.07) is 5.85. The van der Waals surface area contributed by atoms with Gasteiger partial charge in [0.1, 0.15) is 0 Å². The second-order valence-electron chi connectivity index (χ2n) is 4.05. The SMILES string of the molecule is COc1cc(CNCCO)ccc1OC(C)C. The number of aliphatic hydroxyl groups is 1. The van der Waals surface area contributed by atoms with Gasteiger partial charge in [-0.2, -0.15) is 0 Å². The summed E-state index contributed by atoms with van der Waals surface area (Å²) in [5.41, 5.74) is 1.10. The third-order valence-electron chi connectivity index (χ3n) is 2.21. The summed E-state index contributed by atoms with van der Waals surface area (Å²) < 4.78 is 10.9. The van der Waals surface area contributed by atoms with E-state index < -0.39 is 0 Å². The molecule has 0 aliphatic heterocycles. The lowest BCUT2D eigenvalue weighted by Crippen LogP contribution is -2.17. The van der Waals surface area contributed by atoms with Crippen molar-refractivity contribution in [3.8, 4) is 11.5 Å². The van der Waals surface area contributed by atoms with Gasteiger partial charge in [-0.1, -0.05) is 6.07 Å². The Morgan fingerprint density at radius 2 is 2.06 bits per heavy atom. The Hall–Kier alpha value is -1.26. The molecule has 0 fully saturated rings. The summed E-state index contributed by atoms with van der Waals surface area (Å²) in [6.07, 6.45) is 0.127. The van der Waals surface area contributed by atoms with Crippen LogP contribution in [0.2, 0.25) is 0 Å². The Bertz CT molecular complexity index is 339. The first-order valence-electron chi connectivity index (χ1n) is 5.82. The number of ether oxygens (including phenoxy) is 2. The van der Waals surface area contributed by atoms with E-state index in [4.69, 9.17) is 14.6 Å². The Balaban J connectivity index is 2.70. The van der Waals surface area contributed by atoms with E-state index in [9.17, 15) is 0 Å².